The van der Waals surface area contributed by atoms with Gasteiger partial charge in [0.15, 0.2) is 0 Å². The molecule has 7 N–H and O–H groups in total. The van der Waals surface area contributed by atoms with E-state index >= 15 is 0 Å². The number of hydrogen-bond donors (Lipinski definition) is 7. The predicted molar refractivity (Wildman–Crippen MR) is 81.0 cm³/mol. The number of hydrogen-bond acceptors (Lipinski definition) is 7. The summed E-state index contributed by atoms with van der Waals surface area (Å²) in [5, 5.41) is 13.3. The lowest BCUT2D eigenvalue weighted by molar-refractivity contribution is -0.141. The number of amides is 3. The molecule has 3 atom stereocenters. The molecular weight excluding hydrogens is 320 g/mol. The van der Waals surface area contributed by atoms with Gasteiger partial charge < -0.3 is 27.2 Å². The van der Waals surface area contributed by atoms with E-state index in [0.717, 1.165) is 0 Å². The molecule has 0 aliphatic heterocycles. The quantitative estimate of drug-likeness (QED) is 0.223. The topological polar surface area (TPSA) is 165 Å². The molecule has 0 radical (unpaired) electrons. The van der Waals surface area contributed by atoms with E-state index in [9.17, 15) is 19.2 Å². The molecule has 0 aromatic heterocycles. The number of nitrogens with two attached hydrogens (primary N) is 2. The van der Waals surface area contributed by atoms with Gasteiger partial charge in [0.2, 0.25) is 17.7 Å². The average Bonchev–Trinajstić information content (AvgIpc) is 2.40. The zero-order chi connectivity index (χ0) is 16.6. The van der Waals surface area contributed by atoms with E-state index in [-0.39, 0.29) is 17.9 Å². The number of nitrogens with one attached hydrogen (secondary N) is 2. The number of aliphatic carboxylic acids is 1. The molecule has 3 amide bonds. The molecule has 0 aliphatic carbocycles. The summed E-state index contributed by atoms with van der Waals surface area (Å²) in [6.07, 6.45) is -0.374. The summed E-state index contributed by atoms with van der Waals surface area (Å²) < 4.78 is 0. The smallest absolute Gasteiger partial charge is 0.327 e. The molecule has 0 aliphatic rings. The summed E-state index contributed by atoms with van der Waals surface area (Å²) in [4.78, 5) is 44.9. The Kier molecular flexibility index (Phi) is 8.81. The Morgan fingerprint density at radius 2 is 1.48 bits per heavy atom. The maximum absolute atomic E-state index is 11.8. The molecule has 11 heteroatoms. The third kappa shape index (κ3) is 7.20. The van der Waals surface area contributed by atoms with Crippen LogP contribution in [0.25, 0.3) is 0 Å². The van der Waals surface area contributed by atoms with Gasteiger partial charge >= 0.3 is 5.97 Å². The van der Waals surface area contributed by atoms with Crippen LogP contribution >= 0.6 is 25.3 Å². The van der Waals surface area contributed by atoms with Crippen LogP contribution in [0, 0.1) is 0 Å². The van der Waals surface area contributed by atoms with Crippen molar-refractivity contribution >= 4 is 48.9 Å². The highest BCUT2D eigenvalue weighted by Crippen LogP contribution is 1.96. The second kappa shape index (κ2) is 9.47. The van der Waals surface area contributed by atoms with Crippen LogP contribution in [0.4, 0.5) is 0 Å². The van der Waals surface area contributed by atoms with Crippen molar-refractivity contribution in [2.45, 2.75) is 24.5 Å². The zero-order valence-corrected chi connectivity index (χ0v) is 12.8. The third-order valence-corrected chi connectivity index (χ3v) is 3.10. The van der Waals surface area contributed by atoms with Crippen molar-refractivity contribution in [3.8, 4) is 0 Å². The molecule has 0 saturated carbocycles. The molecule has 0 aromatic carbocycles. The van der Waals surface area contributed by atoms with Crippen LogP contribution in [0.3, 0.4) is 0 Å². The first-order chi connectivity index (χ1) is 9.72. The molecular formula is C10H18N4O5S2. The Bertz CT molecular complexity index is 420. The second-order valence-corrected chi connectivity index (χ2v) is 4.83. The average molecular weight is 338 g/mol. The van der Waals surface area contributed by atoms with Crippen LogP contribution in [0.15, 0.2) is 0 Å². The highest BCUT2D eigenvalue weighted by molar-refractivity contribution is 7.80. The fraction of sp³-hybridized carbons (Fsp3) is 0.600. The summed E-state index contributed by atoms with van der Waals surface area (Å²) in [7, 11) is 0. The minimum Gasteiger partial charge on any atom is -0.480 e. The van der Waals surface area contributed by atoms with Gasteiger partial charge in [0.1, 0.15) is 12.1 Å². The van der Waals surface area contributed by atoms with Gasteiger partial charge in [-0.1, -0.05) is 0 Å². The van der Waals surface area contributed by atoms with E-state index in [1.807, 2.05) is 0 Å². The number of thiol groups is 2. The van der Waals surface area contributed by atoms with Gasteiger partial charge in [0, 0.05) is 11.5 Å². The van der Waals surface area contributed by atoms with Crippen molar-refractivity contribution < 1.29 is 24.3 Å². The summed E-state index contributed by atoms with van der Waals surface area (Å²) in [5.41, 5.74) is 10.3. The van der Waals surface area contributed by atoms with E-state index in [1.54, 1.807) is 0 Å². The molecule has 0 saturated heterocycles. The fourth-order valence-corrected chi connectivity index (χ4v) is 1.74. The first-order valence-corrected chi connectivity index (χ1v) is 7.08. The van der Waals surface area contributed by atoms with Crippen molar-refractivity contribution in [3.63, 3.8) is 0 Å². The van der Waals surface area contributed by atoms with Crippen molar-refractivity contribution in [3.05, 3.63) is 0 Å². The van der Waals surface area contributed by atoms with Crippen LogP contribution in [0.5, 0.6) is 0 Å². The van der Waals surface area contributed by atoms with Crippen molar-refractivity contribution in [1.29, 1.82) is 0 Å². The molecule has 21 heavy (non-hydrogen) atoms. The minimum absolute atomic E-state index is 0.0836. The standard InChI is InChI=1S/C10H18N4O5S2/c11-4(1-7(12)15)8(16)13-5(2-20)9(17)14-6(3-21)10(18)19/h4-6,20-21H,1-3,11H2,(H2,12,15)(H,13,16)(H,14,17)(H,18,19)/t4-,5?,6?/m0/s1. The van der Waals surface area contributed by atoms with Crippen molar-refractivity contribution in [2.24, 2.45) is 11.5 Å². The van der Waals surface area contributed by atoms with Gasteiger partial charge in [-0.25, -0.2) is 4.79 Å². The molecule has 9 nitrogen and oxygen atoms in total. The molecule has 0 fully saturated rings. The number of carboxylic acid groups (broad SMARTS) is 1. The fourth-order valence-electron chi connectivity index (χ4n) is 1.24. The lowest BCUT2D eigenvalue weighted by atomic mass is 10.2. The predicted octanol–water partition coefficient (Wildman–Crippen LogP) is -2.90. The molecule has 0 aromatic rings. The van der Waals surface area contributed by atoms with E-state index in [1.165, 1.54) is 0 Å². The Hall–Kier alpha value is -1.46. The lowest BCUT2D eigenvalue weighted by Crippen LogP contribution is -2.56. The normalized spacial score (nSPS) is 14.6. The van der Waals surface area contributed by atoms with Gasteiger partial charge in [-0.3, -0.25) is 14.4 Å². The maximum Gasteiger partial charge on any atom is 0.327 e. The van der Waals surface area contributed by atoms with Crippen LogP contribution in [0.2, 0.25) is 0 Å². The highest BCUT2D eigenvalue weighted by Gasteiger charge is 2.26. The van der Waals surface area contributed by atoms with Crippen LogP contribution in [-0.4, -0.2) is 58.4 Å². The van der Waals surface area contributed by atoms with E-state index in [4.69, 9.17) is 16.6 Å². The van der Waals surface area contributed by atoms with Gasteiger partial charge in [-0.05, 0) is 0 Å². The summed E-state index contributed by atoms with van der Waals surface area (Å²) in [6, 6.07) is -3.49. The largest absolute Gasteiger partial charge is 0.480 e. The lowest BCUT2D eigenvalue weighted by Gasteiger charge is -2.20. The summed E-state index contributed by atoms with van der Waals surface area (Å²) in [5.74, 6) is -3.72. The molecule has 2 unspecified atom stereocenters. The third-order valence-electron chi connectivity index (χ3n) is 2.37. The van der Waals surface area contributed by atoms with Crippen LogP contribution < -0.4 is 22.1 Å². The van der Waals surface area contributed by atoms with Crippen molar-refractivity contribution in [1.82, 2.24) is 10.6 Å². The van der Waals surface area contributed by atoms with Crippen molar-refractivity contribution in [2.75, 3.05) is 11.5 Å². The van der Waals surface area contributed by atoms with E-state index in [0.29, 0.717) is 0 Å². The van der Waals surface area contributed by atoms with Gasteiger partial charge in [-0.15, -0.1) is 0 Å². The molecule has 0 bridgehead atoms. The monoisotopic (exact) mass is 338 g/mol. The number of rotatable bonds is 9. The molecule has 0 rings (SSSR count). The second-order valence-electron chi connectivity index (χ2n) is 4.10. The first-order valence-electron chi connectivity index (χ1n) is 5.82. The Morgan fingerprint density at radius 1 is 1.00 bits per heavy atom. The highest BCUT2D eigenvalue weighted by atomic mass is 32.1. The number of primary amides is 1. The van der Waals surface area contributed by atoms with Crippen LogP contribution in [0.1, 0.15) is 6.42 Å². The van der Waals surface area contributed by atoms with Gasteiger partial charge in [0.25, 0.3) is 0 Å². The van der Waals surface area contributed by atoms with Crippen LogP contribution in [-0.2, 0) is 19.2 Å². The summed E-state index contributed by atoms with van der Waals surface area (Å²) >= 11 is 7.69. The Labute approximate surface area is 132 Å². The number of carbonyl (C=O) groups is 4. The molecule has 0 spiro atoms. The number of carbonyl (C=O) groups excluding carboxylic acids is 3. The molecule has 120 valence electrons. The SMILES string of the molecule is NC(=O)C[C@H](N)C(=O)NC(CS)C(=O)NC(CS)C(=O)O. The van der Waals surface area contributed by atoms with E-state index in [2.05, 4.69) is 35.9 Å². The van der Waals surface area contributed by atoms with E-state index < -0.39 is 41.8 Å². The number of carboxylic acids is 1. The minimum atomic E-state index is -1.26. The Balaban J connectivity index is 4.63. The van der Waals surface area contributed by atoms with Gasteiger partial charge in [-0.2, -0.15) is 25.3 Å². The van der Waals surface area contributed by atoms with Gasteiger partial charge in [0.05, 0.1) is 12.5 Å². The Morgan fingerprint density at radius 3 is 1.86 bits per heavy atom. The zero-order valence-electron chi connectivity index (χ0n) is 11.0. The maximum atomic E-state index is 11.8. The first kappa shape index (κ1) is 19.5. The molecule has 0 heterocycles. The summed E-state index contributed by atoms with van der Waals surface area (Å²) in [6.45, 7) is 0.